The largest absolute Gasteiger partial charge is 0.376 e. The minimum Gasteiger partial charge on any atom is -0.376 e. The van der Waals surface area contributed by atoms with E-state index >= 15 is 0 Å². The van der Waals surface area contributed by atoms with Gasteiger partial charge in [-0.05, 0) is 60.7 Å². The van der Waals surface area contributed by atoms with E-state index in [1.165, 1.54) is 4.90 Å². The Hall–Kier alpha value is -3.78. The van der Waals surface area contributed by atoms with Crippen LogP contribution in [0.1, 0.15) is 41.7 Å². The molecule has 3 aliphatic rings. The SMILES string of the molecule is O=C(c1ccc2ccccc2c1)N1CCC([C@@]2(c3ccccn3)NC(=O)N(C[C@@H]3CCCO3)C2=O)CC1. The normalized spacial score (nSPS) is 24.6. The molecule has 3 saturated heterocycles. The molecule has 8 heteroatoms. The topological polar surface area (TPSA) is 91.8 Å². The molecule has 0 bridgehead atoms. The third kappa shape index (κ3) is 4.15. The number of fused-ring (bicyclic) bond motifs is 1. The molecule has 0 aliphatic carbocycles. The van der Waals surface area contributed by atoms with Crippen LogP contribution in [0.4, 0.5) is 4.79 Å². The van der Waals surface area contributed by atoms with Gasteiger partial charge in [-0.1, -0.05) is 36.4 Å². The van der Waals surface area contributed by atoms with Crippen LogP contribution in [0.15, 0.2) is 66.9 Å². The first-order chi connectivity index (χ1) is 18.1. The fourth-order valence-electron chi connectivity index (χ4n) is 6.03. The van der Waals surface area contributed by atoms with Crippen LogP contribution < -0.4 is 5.32 Å². The number of rotatable bonds is 5. The van der Waals surface area contributed by atoms with E-state index in [1.54, 1.807) is 18.3 Å². The Labute approximate surface area is 215 Å². The lowest BCUT2D eigenvalue weighted by molar-refractivity contribution is -0.135. The summed E-state index contributed by atoms with van der Waals surface area (Å²) < 4.78 is 5.71. The van der Waals surface area contributed by atoms with Crippen molar-refractivity contribution in [2.45, 2.75) is 37.3 Å². The van der Waals surface area contributed by atoms with E-state index in [1.807, 2.05) is 53.4 Å². The second-order valence-electron chi connectivity index (χ2n) is 10.1. The van der Waals surface area contributed by atoms with Crippen LogP contribution in [0.2, 0.25) is 0 Å². The van der Waals surface area contributed by atoms with Gasteiger partial charge >= 0.3 is 6.03 Å². The second kappa shape index (κ2) is 9.59. The third-order valence-corrected chi connectivity index (χ3v) is 8.00. The van der Waals surface area contributed by atoms with E-state index in [-0.39, 0.29) is 30.4 Å². The summed E-state index contributed by atoms with van der Waals surface area (Å²) in [7, 11) is 0. The van der Waals surface area contributed by atoms with Crippen molar-refractivity contribution in [1.29, 1.82) is 0 Å². The molecule has 3 fully saturated rings. The molecule has 1 N–H and O–H groups in total. The minimum atomic E-state index is -1.24. The first kappa shape index (κ1) is 23.6. The number of nitrogens with zero attached hydrogens (tertiary/aromatic N) is 3. The number of likely N-dealkylation sites (tertiary alicyclic amines) is 1. The number of carbonyl (C=O) groups excluding carboxylic acids is 3. The number of ether oxygens (including phenoxy) is 1. The lowest BCUT2D eigenvalue weighted by Gasteiger charge is -2.40. The summed E-state index contributed by atoms with van der Waals surface area (Å²) in [4.78, 5) is 48.1. The van der Waals surface area contributed by atoms with Crippen molar-refractivity contribution in [1.82, 2.24) is 20.1 Å². The van der Waals surface area contributed by atoms with E-state index in [2.05, 4.69) is 10.3 Å². The van der Waals surface area contributed by atoms with E-state index in [9.17, 15) is 14.4 Å². The van der Waals surface area contributed by atoms with Crippen molar-refractivity contribution in [3.8, 4) is 0 Å². The zero-order valence-corrected chi connectivity index (χ0v) is 20.6. The number of carbonyl (C=O) groups is 3. The summed E-state index contributed by atoms with van der Waals surface area (Å²) >= 11 is 0. The van der Waals surface area contributed by atoms with E-state index in [0.717, 1.165) is 23.6 Å². The molecule has 2 aromatic carbocycles. The van der Waals surface area contributed by atoms with Gasteiger partial charge in [-0.25, -0.2) is 4.79 Å². The molecule has 8 nitrogen and oxygen atoms in total. The van der Waals surface area contributed by atoms with Crippen molar-refractivity contribution in [3.63, 3.8) is 0 Å². The fraction of sp³-hybridized carbons (Fsp3) is 0.379. The van der Waals surface area contributed by atoms with Crippen LogP contribution in [-0.4, -0.2) is 65.0 Å². The van der Waals surface area contributed by atoms with Crippen LogP contribution >= 0.6 is 0 Å². The first-order valence-corrected chi connectivity index (χ1v) is 13.0. The molecule has 3 aliphatic heterocycles. The van der Waals surface area contributed by atoms with Gasteiger partial charge in [-0.2, -0.15) is 0 Å². The van der Waals surface area contributed by atoms with Crippen LogP contribution in [0, 0.1) is 5.92 Å². The predicted octanol–water partition coefficient (Wildman–Crippen LogP) is 3.71. The molecule has 4 heterocycles. The molecule has 3 aromatic rings. The van der Waals surface area contributed by atoms with Crippen molar-refractivity contribution >= 4 is 28.6 Å². The number of hydrogen-bond donors (Lipinski definition) is 1. The maximum atomic E-state index is 14.0. The number of amides is 4. The van der Waals surface area contributed by atoms with Gasteiger partial charge in [-0.15, -0.1) is 0 Å². The highest BCUT2D eigenvalue weighted by molar-refractivity contribution is 6.07. The fourth-order valence-corrected chi connectivity index (χ4v) is 6.03. The minimum absolute atomic E-state index is 0.0159. The van der Waals surface area contributed by atoms with E-state index in [4.69, 9.17) is 4.74 Å². The zero-order chi connectivity index (χ0) is 25.4. The molecule has 0 spiro atoms. The van der Waals surface area contributed by atoms with Gasteiger partial charge in [0.15, 0.2) is 5.54 Å². The molecule has 0 unspecified atom stereocenters. The number of benzene rings is 2. The van der Waals surface area contributed by atoms with Gasteiger partial charge in [0.1, 0.15) is 0 Å². The van der Waals surface area contributed by atoms with Crippen molar-refractivity contribution in [3.05, 3.63) is 78.1 Å². The van der Waals surface area contributed by atoms with Crippen molar-refractivity contribution < 1.29 is 19.1 Å². The molecule has 4 amide bonds. The third-order valence-electron chi connectivity index (χ3n) is 8.00. The van der Waals surface area contributed by atoms with Gasteiger partial charge in [0.25, 0.3) is 11.8 Å². The number of urea groups is 1. The molecule has 37 heavy (non-hydrogen) atoms. The average molecular weight is 499 g/mol. The van der Waals surface area contributed by atoms with Crippen LogP contribution in [-0.2, 0) is 15.1 Å². The summed E-state index contributed by atoms with van der Waals surface area (Å²) in [5, 5.41) is 5.16. The average Bonchev–Trinajstić information content (AvgIpc) is 3.56. The summed E-state index contributed by atoms with van der Waals surface area (Å²) in [6.07, 6.45) is 4.45. The Morgan fingerprint density at radius 2 is 1.78 bits per heavy atom. The Morgan fingerprint density at radius 1 is 1.00 bits per heavy atom. The molecule has 2 atom stereocenters. The van der Waals surface area contributed by atoms with E-state index < -0.39 is 11.6 Å². The van der Waals surface area contributed by atoms with Crippen molar-refractivity contribution in [2.75, 3.05) is 26.2 Å². The Morgan fingerprint density at radius 3 is 2.51 bits per heavy atom. The first-order valence-electron chi connectivity index (χ1n) is 13.0. The van der Waals surface area contributed by atoms with Crippen LogP contribution in [0.25, 0.3) is 10.8 Å². The van der Waals surface area contributed by atoms with Gasteiger partial charge in [0.2, 0.25) is 0 Å². The lowest BCUT2D eigenvalue weighted by Crippen LogP contribution is -2.54. The van der Waals surface area contributed by atoms with E-state index in [0.29, 0.717) is 43.8 Å². The van der Waals surface area contributed by atoms with Crippen LogP contribution in [0.3, 0.4) is 0 Å². The van der Waals surface area contributed by atoms with Gasteiger partial charge in [-0.3, -0.25) is 19.5 Å². The number of imide groups is 1. The summed E-state index contributed by atoms with van der Waals surface area (Å²) in [5.74, 6) is -0.474. The zero-order valence-electron chi connectivity index (χ0n) is 20.6. The number of pyridine rings is 1. The molecular weight excluding hydrogens is 468 g/mol. The standard InChI is InChI=1S/C29H30N4O4/c34-26(22-11-10-20-6-1-2-7-21(20)18-22)32-15-12-23(13-16-32)29(25-9-3-4-14-30-25)27(35)33(28(36)31-29)19-24-8-5-17-37-24/h1-4,6-7,9-11,14,18,23-24H,5,8,12-13,15-17,19H2,(H,31,36)/t24-,29-/m0/s1. The molecule has 0 radical (unpaired) electrons. The maximum absolute atomic E-state index is 14.0. The highest BCUT2D eigenvalue weighted by atomic mass is 16.5. The number of nitrogens with one attached hydrogen (secondary N) is 1. The number of piperidine rings is 1. The second-order valence-corrected chi connectivity index (χ2v) is 10.1. The number of aromatic nitrogens is 1. The predicted molar refractivity (Wildman–Crippen MR) is 138 cm³/mol. The Balaban J connectivity index is 1.23. The summed E-state index contributed by atoms with van der Waals surface area (Å²) in [6.45, 7) is 1.90. The smallest absolute Gasteiger partial charge is 0.325 e. The lowest BCUT2D eigenvalue weighted by atomic mass is 9.75. The quantitative estimate of drug-likeness (QED) is 0.542. The Kier molecular flexibility index (Phi) is 6.12. The van der Waals surface area contributed by atoms with Gasteiger partial charge in [0, 0.05) is 37.4 Å². The van der Waals surface area contributed by atoms with Gasteiger partial charge < -0.3 is 15.0 Å². The molecule has 0 saturated carbocycles. The van der Waals surface area contributed by atoms with Crippen molar-refractivity contribution in [2.24, 2.45) is 5.92 Å². The maximum Gasteiger partial charge on any atom is 0.325 e. The highest BCUT2D eigenvalue weighted by Gasteiger charge is 2.58. The number of hydrogen-bond acceptors (Lipinski definition) is 5. The summed E-state index contributed by atoms with van der Waals surface area (Å²) in [5.41, 5.74) is -0.0400. The molecule has 6 rings (SSSR count). The van der Waals surface area contributed by atoms with Crippen LogP contribution in [0.5, 0.6) is 0 Å². The molecule has 190 valence electrons. The summed E-state index contributed by atoms with van der Waals surface area (Å²) in [6, 6.07) is 18.8. The highest BCUT2D eigenvalue weighted by Crippen LogP contribution is 2.41. The molecular formula is C29H30N4O4. The molecule has 1 aromatic heterocycles. The monoisotopic (exact) mass is 498 g/mol. The van der Waals surface area contributed by atoms with Gasteiger partial charge in [0.05, 0.1) is 18.3 Å². The Bertz CT molecular complexity index is 1330.